The van der Waals surface area contributed by atoms with Crippen molar-refractivity contribution in [3.8, 4) is 6.07 Å². The zero-order valence-electron chi connectivity index (χ0n) is 12.0. The van der Waals surface area contributed by atoms with E-state index in [2.05, 4.69) is 13.0 Å². The first-order valence-electron chi connectivity index (χ1n) is 6.29. The molecule has 0 aliphatic carbocycles. The molecule has 0 N–H and O–H groups in total. The van der Waals surface area contributed by atoms with Crippen LogP contribution >= 0.6 is 0 Å². The van der Waals surface area contributed by atoms with Gasteiger partial charge in [-0.2, -0.15) is 5.26 Å². The lowest BCUT2D eigenvalue weighted by molar-refractivity contribution is 0.550. The third kappa shape index (κ3) is 1.84. The minimum absolute atomic E-state index is 0.233. The van der Waals surface area contributed by atoms with Crippen LogP contribution in [0.25, 0.3) is 11.0 Å². The molecular formula is C16H17NO2. The Balaban J connectivity index is 3.13. The summed E-state index contributed by atoms with van der Waals surface area (Å²) in [6.45, 7) is 9.79. The lowest BCUT2D eigenvalue weighted by atomic mass is 9.91. The van der Waals surface area contributed by atoms with Gasteiger partial charge < -0.3 is 4.42 Å². The summed E-state index contributed by atoms with van der Waals surface area (Å²) in [6, 6.07) is 2.14. The predicted octanol–water partition coefficient (Wildman–Crippen LogP) is 3.40. The molecule has 1 heterocycles. The molecule has 2 aromatic rings. The monoisotopic (exact) mass is 255 g/mol. The van der Waals surface area contributed by atoms with Crippen LogP contribution in [-0.2, 0) is 6.42 Å². The fourth-order valence-corrected chi connectivity index (χ4v) is 2.55. The van der Waals surface area contributed by atoms with Crippen molar-refractivity contribution in [1.29, 1.82) is 5.26 Å². The third-order valence-corrected chi connectivity index (χ3v) is 4.14. The summed E-state index contributed by atoms with van der Waals surface area (Å²) in [6.07, 6.45) is 0.233. The molecule has 0 saturated carbocycles. The van der Waals surface area contributed by atoms with Gasteiger partial charge in [-0.3, -0.25) is 0 Å². The van der Waals surface area contributed by atoms with E-state index in [0.29, 0.717) is 11.1 Å². The first-order chi connectivity index (χ1) is 8.90. The Morgan fingerprint density at radius 2 is 1.53 bits per heavy atom. The maximum Gasteiger partial charge on any atom is 0.339 e. The van der Waals surface area contributed by atoms with Crippen LogP contribution in [0.15, 0.2) is 9.21 Å². The SMILES string of the molecule is Cc1c(C)c(C)c2c(CC#N)c(C)c(=O)oc2c1C. The molecule has 0 aliphatic rings. The van der Waals surface area contributed by atoms with Crippen molar-refractivity contribution in [1.82, 2.24) is 0 Å². The summed E-state index contributed by atoms with van der Waals surface area (Å²) in [5, 5.41) is 9.93. The second-order valence-electron chi connectivity index (χ2n) is 5.03. The zero-order valence-corrected chi connectivity index (χ0v) is 12.0. The molecule has 0 aliphatic heterocycles. The highest BCUT2D eigenvalue weighted by atomic mass is 16.4. The Labute approximate surface area is 112 Å². The number of benzene rings is 1. The number of fused-ring (bicyclic) bond motifs is 1. The first kappa shape index (κ1) is 13.4. The Morgan fingerprint density at radius 1 is 0.947 bits per heavy atom. The van der Waals surface area contributed by atoms with E-state index >= 15 is 0 Å². The van der Waals surface area contributed by atoms with Crippen molar-refractivity contribution < 1.29 is 4.42 Å². The van der Waals surface area contributed by atoms with Gasteiger partial charge in [-0.05, 0) is 62.4 Å². The van der Waals surface area contributed by atoms with Crippen LogP contribution in [0.2, 0.25) is 0 Å². The number of nitriles is 1. The van der Waals surface area contributed by atoms with E-state index in [9.17, 15) is 4.79 Å². The van der Waals surface area contributed by atoms with Crippen LogP contribution in [-0.4, -0.2) is 0 Å². The molecule has 0 radical (unpaired) electrons. The van der Waals surface area contributed by atoms with Crippen molar-refractivity contribution in [2.75, 3.05) is 0 Å². The number of nitrogens with zero attached hydrogens (tertiary/aromatic N) is 1. The molecule has 3 nitrogen and oxygen atoms in total. The molecule has 0 bridgehead atoms. The molecule has 0 spiro atoms. The van der Waals surface area contributed by atoms with Crippen molar-refractivity contribution in [2.24, 2.45) is 0 Å². The van der Waals surface area contributed by atoms with Gasteiger partial charge in [0.05, 0.1) is 12.5 Å². The molecule has 0 amide bonds. The fraction of sp³-hybridized carbons (Fsp3) is 0.375. The highest BCUT2D eigenvalue weighted by Gasteiger charge is 2.17. The van der Waals surface area contributed by atoms with E-state index in [1.54, 1.807) is 6.92 Å². The molecule has 19 heavy (non-hydrogen) atoms. The van der Waals surface area contributed by atoms with Gasteiger partial charge >= 0.3 is 5.63 Å². The van der Waals surface area contributed by atoms with E-state index in [1.165, 1.54) is 5.56 Å². The van der Waals surface area contributed by atoms with Crippen LogP contribution in [0.3, 0.4) is 0 Å². The molecule has 1 aromatic heterocycles. The Morgan fingerprint density at radius 3 is 2.11 bits per heavy atom. The maximum atomic E-state index is 11.9. The fourth-order valence-electron chi connectivity index (χ4n) is 2.55. The topological polar surface area (TPSA) is 54.0 Å². The molecular weight excluding hydrogens is 238 g/mol. The summed E-state index contributed by atoms with van der Waals surface area (Å²) < 4.78 is 5.46. The number of hydrogen-bond acceptors (Lipinski definition) is 3. The quantitative estimate of drug-likeness (QED) is 0.734. The molecule has 2 rings (SSSR count). The van der Waals surface area contributed by atoms with Gasteiger partial charge in [0.25, 0.3) is 0 Å². The smallest absolute Gasteiger partial charge is 0.339 e. The molecule has 0 atom stereocenters. The third-order valence-electron chi connectivity index (χ3n) is 4.14. The van der Waals surface area contributed by atoms with Gasteiger partial charge in [0.1, 0.15) is 5.58 Å². The summed E-state index contributed by atoms with van der Waals surface area (Å²) in [5.41, 5.74) is 6.03. The standard InChI is InChI=1S/C16H17NO2/c1-8-9(2)11(4)15-14(10(8)3)13(6-7-17)12(5)16(18)19-15/h6H2,1-5H3. The summed E-state index contributed by atoms with van der Waals surface area (Å²) in [4.78, 5) is 11.9. The van der Waals surface area contributed by atoms with E-state index in [4.69, 9.17) is 9.68 Å². The van der Waals surface area contributed by atoms with Gasteiger partial charge in [0.2, 0.25) is 0 Å². The number of hydrogen-bond donors (Lipinski definition) is 0. The van der Waals surface area contributed by atoms with E-state index in [1.807, 2.05) is 20.8 Å². The lowest BCUT2D eigenvalue weighted by Crippen LogP contribution is -2.10. The summed E-state index contributed by atoms with van der Waals surface area (Å²) >= 11 is 0. The largest absolute Gasteiger partial charge is 0.422 e. The van der Waals surface area contributed by atoms with Gasteiger partial charge in [-0.15, -0.1) is 0 Å². The van der Waals surface area contributed by atoms with Crippen LogP contribution in [0.4, 0.5) is 0 Å². The first-order valence-corrected chi connectivity index (χ1v) is 6.29. The molecule has 0 unspecified atom stereocenters. The molecule has 1 aromatic carbocycles. The molecule has 3 heteroatoms. The van der Waals surface area contributed by atoms with Crippen LogP contribution < -0.4 is 5.63 Å². The van der Waals surface area contributed by atoms with Crippen molar-refractivity contribution in [2.45, 2.75) is 41.0 Å². The van der Waals surface area contributed by atoms with Gasteiger partial charge in [-0.1, -0.05) is 0 Å². The average Bonchev–Trinajstić information content (AvgIpc) is 2.39. The minimum Gasteiger partial charge on any atom is -0.422 e. The Hall–Kier alpha value is -2.08. The highest BCUT2D eigenvalue weighted by Crippen LogP contribution is 2.31. The Bertz CT molecular complexity index is 776. The molecule has 98 valence electrons. The second kappa shape index (κ2) is 4.55. The van der Waals surface area contributed by atoms with Crippen LogP contribution in [0.1, 0.15) is 33.4 Å². The van der Waals surface area contributed by atoms with Gasteiger partial charge in [-0.25, -0.2) is 4.79 Å². The lowest BCUT2D eigenvalue weighted by Gasteiger charge is -2.15. The molecule has 0 saturated heterocycles. The number of aryl methyl sites for hydroxylation is 2. The van der Waals surface area contributed by atoms with Crippen LogP contribution in [0.5, 0.6) is 0 Å². The van der Waals surface area contributed by atoms with E-state index in [-0.39, 0.29) is 12.0 Å². The van der Waals surface area contributed by atoms with Crippen molar-refractivity contribution >= 4 is 11.0 Å². The maximum absolute atomic E-state index is 11.9. The second-order valence-corrected chi connectivity index (χ2v) is 5.03. The average molecular weight is 255 g/mol. The molecule has 0 fully saturated rings. The number of rotatable bonds is 1. The minimum atomic E-state index is -0.344. The summed E-state index contributed by atoms with van der Waals surface area (Å²) in [7, 11) is 0. The van der Waals surface area contributed by atoms with Gasteiger partial charge in [0, 0.05) is 10.9 Å². The summed E-state index contributed by atoms with van der Waals surface area (Å²) in [5.74, 6) is 0. The van der Waals surface area contributed by atoms with Gasteiger partial charge in [0.15, 0.2) is 0 Å². The highest BCUT2D eigenvalue weighted by molar-refractivity contribution is 5.89. The zero-order chi connectivity index (χ0) is 14.3. The van der Waals surface area contributed by atoms with E-state index in [0.717, 1.165) is 27.6 Å². The van der Waals surface area contributed by atoms with E-state index < -0.39 is 0 Å². The predicted molar refractivity (Wildman–Crippen MR) is 75.5 cm³/mol. The van der Waals surface area contributed by atoms with Crippen LogP contribution in [0, 0.1) is 45.9 Å². The normalized spacial score (nSPS) is 10.7. The van der Waals surface area contributed by atoms with Crippen molar-refractivity contribution in [3.63, 3.8) is 0 Å². The Kier molecular flexibility index (Phi) is 3.20. The van der Waals surface area contributed by atoms with Crippen molar-refractivity contribution in [3.05, 3.63) is 43.8 Å².